The number of aromatic nitrogens is 4. The zero-order chi connectivity index (χ0) is 34.2. The largest absolute Gasteiger partial charge is 0.309 e. The molecule has 0 aliphatic heterocycles. The molecular formula is C48H30N4. The SMILES string of the molecule is c1ccc(-c2nc3ccccc3nc2-n2c3ccc(-c4cccc5c4c4ccccc4n5-c4ccccc4)cc3c3cc4ccccc4cc32)cc1. The first kappa shape index (κ1) is 28.8. The summed E-state index contributed by atoms with van der Waals surface area (Å²) in [4.78, 5) is 10.6. The molecule has 0 aliphatic carbocycles. The van der Waals surface area contributed by atoms with E-state index in [0.29, 0.717) is 0 Å². The molecule has 0 saturated carbocycles. The van der Waals surface area contributed by atoms with Crippen LogP contribution in [0, 0.1) is 0 Å². The second kappa shape index (κ2) is 11.2. The number of hydrogen-bond donors (Lipinski definition) is 0. The standard InChI is InChI=1S/C48H30N4/c1-3-14-31(15-4-1)47-48(50-41-23-11-10-22-40(41)49-47)52-43-27-26-34(29-38(43)39-28-32-16-7-8-17-33(32)30-45(39)52)36-21-13-25-44-46(36)37-20-9-12-24-42(37)51(44)35-18-5-2-6-19-35/h1-30H. The van der Waals surface area contributed by atoms with Gasteiger partial charge >= 0.3 is 0 Å². The molecule has 0 saturated heterocycles. The normalized spacial score (nSPS) is 11.8. The van der Waals surface area contributed by atoms with Gasteiger partial charge in [0.05, 0.1) is 33.1 Å². The van der Waals surface area contributed by atoms with Gasteiger partial charge in [-0.1, -0.05) is 121 Å². The summed E-state index contributed by atoms with van der Waals surface area (Å²) >= 11 is 0. The Labute approximate surface area is 299 Å². The minimum Gasteiger partial charge on any atom is -0.309 e. The van der Waals surface area contributed by atoms with E-state index in [2.05, 4.69) is 167 Å². The van der Waals surface area contributed by atoms with Gasteiger partial charge in [0.25, 0.3) is 0 Å². The van der Waals surface area contributed by atoms with Crippen molar-refractivity contribution < 1.29 is 0 Å². The Morgan fingerprint density at radius 3 is 1.83 bits per heavy atom. The fourth-order valence-electron chi connectivity index (χ4n) is 8.15. The van der Waals surface area contributed by atoms with Crippen LogP contribution in [0.2, 0.25) is 0 Å². The molecule has 8 aromatic carbocycles. The van der Waals surface area contributed by atoms with Crippen molar-refractivity contribution in [1.29, 1.82) is 0 Å². The van der Waals surface area contributed by atoms with Gasteiger partial charge in [0.15, 0.2) is 5.82 Å². The molecule has 4 heteroatoms. The van der Waals surface area contributed by atoms with Crippen LogP contribution in [-0.4, -0.2) is 19.1 Å². The molecular weight excluding hydrogens is 633 g/mol. The highest BCUT2D eigenvalue weighted by molar-refractivity contribution is 6.18. The molecule has 0 N–H and O–H groups in total. The zero-order valence-corrected chi connectivity index (χ0v) is 28.1. The van der Waals surface area contributed by atoms with Gasteiger partial charge in [-0.05, 0) is 82.6 Å². The highest BCUT2D eigenvalue weighted by atomic mass is 15.1. The van der Waals surface area contributed by atoms with Crippen LogP contribution in [0.5, 0.6) is 0 Å². The number of rotatable bonds is 4. The maximum Gasteiger partial charge on any atom is 0.165 e. The average Bonchev–Trinajstić information content (AvgIpc) is 3.72. The smallest absolute Gasteiger partial charge is 0.165 e. The second-order valence-electron chi connectivity index (χ2n) is 13.4. The molecule has 3 heterocycles. The Morgan fingerprint density at radius 2 is 1.00 bits per heavy atom. The van der Waals surface area contributed by atoms with Gasteiger partial charge in [-0.3, -0.25) is 4.57 Å². The van der Waals surface area contributed by atoms with E-state index in [1.165, 1.54) is 54.5 Å². The second-order valence-corrected chi connectivity index (χ2v) is 13.4. The lowest BCUT2D eigenvalue weighted by Gasteiger charge is -2.14. The molecule has 4 nitrogen and oxygen atoms in total. The number of nitrogens with zero attached hydrogens (tertiary/aromatic N) is 4. The van der Waals surface area contributed by atoms with Gasteiger partial charge in [-0.15, -0.1) is 0 Å². The van der Waals surface area contributed by atoms with Crippen molar-refractivity contribution in [3.05, 3.63) is 182 Å². The Hall–Kier alpha value is -7.04. The van der Waals surface area contributed by atoms with Crippen molar-refractivity contribution in [3.8, 4) is 33.9 Å². The van der Waals surface area contributed by atoms with Crippen molar-refractivity contribution in [1.82, 2.24) is 19.1 Å². The highest BCUT2D eigenvalue weighted by Gasteiger charge is 2.22. The van der Waals surface area contributed by atoms with E-state index in [-0.39, 0.29) is 0 Å². The maximum atomic E-state index is 5.36. The van der Waals surface area contributed by atoms with Gasteiger partial charge in [-0.2, -0.15) is 0 Å². The minimum atomic E-state index is 0.820. The number of hydrogen-bond acceptors (Lipinski definition) is 2. The molecule has 0 fully saturated rings. The number of fused-ring (bicyclic) bond motifs is 8. The molecule has 0 aliphatic rings. The van der Waals surface area contributed by atoms with Crippen LogP contribution in [0.4, 0.5) is 0 Å². The van der Waals surface area contributed by atoms with E-state index in [4.69, 9.17) is 9.97 Å². The predicted octanol–water partition coefficient (Wildman–Crippen LogP) is 12.3. The third-order valence-corrected chi connectivity index (χ3v) is 10.5. The molecule has 0 radical (unpaired) electrons. The van der Waals surface area contributed by atoms with E-state index in [0.717, 1.165) is 44.8 Å². The molecule has 11 aromatic rings. The van der Waals surface area contributed by atoms with Crippen LogP contribution in [0.25, 0.3) is 99.3 Å². The van der Waals surface area contributed by atoms with Crippen LogP contribution >= 0.6 is 0 Å². The third kappa shape index (κ3) is 4.28. The fraction of sp³-hybridized carbons (Fsp3) is 0. The quantitative estimate of drug-likeness (QED) is 0.188. The lowest BCUT2D eigenvalue weighted by Crippen LogP contribution is -2.03. The Kier molecular flexibility index (Phi) is 6.22. The van der Waals surface area contributed by atoms with Gasteiger partial charge in [0.2, 0.25) is 0 Å². The van der Waals surface area contributed by atoms with Crippen molar-refractivity contribution in [2.45, 2.75) is 0 Å². The summed E-state index contributed by atoms with van der Waals surface area (Å²) in [6.45, 7) is 0. The van der Waals surface area contributed by atoms with Crippen LogP contribution in [-0.2, 0) is 0 Å². The third-order valence-electron chi connectivity index (χ3n) is 10.5. The summed E-state index contributed by atoms with van der Waals surface area (Å²) in [6.07, 6.45) is 0. The first-order valence-corrected chi connectivity index (χ1v) is 17.7. The van der Waals surface area contributed by atoms with E-state index in [9.17, 15) is 0 Å². The van der Waals surface area contributed by atoms with Crippen molar-refractivity contribution >= 4 is 65.4 Å². The van der Waals surface area contributed by atoms with Crippen LogP contribution < -0.4 is 0 Å². The molecule has 0 atom stereocenters. The van der Waals surface area contributed by atoms with Crippen molar-refractivity contribution in [2.24, 2.45) is 0 Å². The molecule has 3 aromatic heterocycles. The molecule has 242 valence electrons. The monoisotopic (exact) mass is 662 g/mol. The van der Waals surface area contributed by atoms with Gasteiger partial charge in [0.1, 0.15) is 5.69 Å². The number of benzene rings is 8. The van der Waals surface area contributed by atoms with Gasteiger partial charge in [-0.25, -0.2) is 9.97 Å². The summed E-state index contributed by atoms with van der Waals surface area (Å²) in [5, 5.41) is 7.25. The summed E-state index contributed by atoms with van der Waals surface area (Å²) < 4.78 is 4.71. The van der Waals surface area contributed by atoms with E-state index in [1.807, 2.05) is 24.3 Å². The summed E-state index contributed by atoms with van der Waals surface area (Å²) in [7, 11) is 0. The van der Waals surface area contributed by atoms with Gasteiger partial charge in [0, 0.05) is 32.8 Å². The Bertz CT molecular complexity index is 3170. The highest BCUT2D eigenvalue weighted by Crippen LogP contribution is 2.42. The zero-order valence-electron chi connectivity index (χ0n) is 28.1. The van der Waals surface area contributed by atoms with Crippen LogP contribution in [0.3, 0.4) is 0 Å². The molecule has 52 heavy (non-hydrogen) atoms. The first-order chi connectivity index (χ1) is 25.8. The first-order valence-electron chi connectivity index (χ1n) is 17.7. The maximum absolute atomic E-state index is 5.36. The molecule has 0 amide bonds. The Morgan fingerprint density at radius 1 is 0.365 bits per heavy atom. The van der Waals surface area contributed by atoms with Crippen LogP contribution in [0.15, 0.2) is 182 Å². The molecule has 0 spiro atoms. The summed E-state index contributed by atoms with van der Waals surface area (Å²) in [5.41, 5.74) is 11.8. The predicted molar refractivity (Wildman–Crippen MR) is 217 cm³/mol. The summed E-state index contributed by atoms with van der Waals surface area (Å²) in [6, 6.07) is 64.9. The lowest BCUT2D eigenvalue weighted by atomic mass is 9.97. The number of para-hydroxylation sites is 4. The summed E-state index contributed by atoms with van der Waals surface area (Å²) in [5.74, 6) is 0.820. The average molecular weight is 663 g/mol. The minimum absolute atomic E-state index is 0.820. The van der Waals surface area contributed by atoms with Crippen molar-refractivity contribution in [3.63, 3.8) is 0 Å². The molecule has 0 unspecified atom stereocenters. The fourth-order valence-corrected chi connectivity index (χ4v) is 8.15. The van der Waals surface area contributed by atoms with Crippen LogP contribution in [0.1, 0.15) is 0 Å². The Balaban J connectivity index is 1.23. The van der Waals surface area contributed by atoms with Crippen molar-refractivity contribution in [2.75, 3.05) is 0 Å². The van der Waals surface area contributed by atoms with E-state index < -0.39 is 0 Å². The topological polar surface area (TPSA) is 35.6 Å². The van der Waals surface area contributed by atoms with Gasteiger partial charge < -0.3 is 4.57 Å². The molecule has 0 bridgehead atoms. The van der Waals surface area contributed by atoms with E-state index >= 15 is 0 Å². The molecule has 11 rings (SSSR count). The van der Waals surface area contributed by atoms with E-state index in [1.54, 1.807) is 0 Å². The lowest BCUT2D eigenvalue weighted by molar-refractivity contribution is 1.08.